The molecule has 0 aliphatic rings. The van der Waals surface area contributed by atoms with E-state index >= 15 is 0 Å². The van der Waals surface area contributed by atoms with Crippen molar-refractivity contribution in [3.05, 3.63) is 48.5 Å². The molecule has 2 aromatic carbocycles. The normalized spacial score (nSPS) is 9.52. The summed E-state index contributed by atoms with van der Waals surface area (Å²) in [5, 5.41) is 11.0. The van der Waals surface area contributed by atoms with Crippen LogP contribution in [0, 0.1) is 11.3 Å². The fraction of sp³-hybridized carbons (Fsp3) is 0.125. The van der Waals surface area contributed by atoms with Gasteiger partial charge in [-0.1, -0.05) is 0 Å². The standard InChI is InChI=1S/C16H14N2O3/c1-20-13-6-8-15(9-7-13)21-14-4-2-12(3-5-14)18-16(19)10-11-17/h2-9H,10H2,1H3,(H,18,19). The number of hydrogen-bond donors (Lipinski definition) is 1. The molecule has 0 aromatic heterocycles. The van der Waals surface area contributed by atoms with Crippen LogP contribution in [0.3, 0.4) is 0 Å². The molecule has 0 fully saturated rings. The van der Waals surface area contributed by atoms with Crippen molar-refractivity contribution in [1.29, 1.82) is 5.26 Å². The highest BCUT2D eigenvalue weighted by molar-refractivity contribution is 5.92. The van der Waals surface area contributed by atoms with E-state index in [-0.39, 0.29) is 12.3 Å². The van der Waals surface area contributed by atoms with E-state index in [4.69, 9.17) is 14.7 Å². The van der Waals surface area contributed by atoms with Crippen molar-refractivity contribution in [2.75, 3.05) is 12.4 Å². The maximum Gasteiger partial charge on any atom is 0.238 e. The van der Waals surface area contributed by atoms with Gasteiger partial charge in [0.25, 0.3) is 0 Å². The van der Waals surface area contributed by atoms with Crippen molar-refractivity contribution >= 4 is 11.6 Å². The van der Waals surface area contributed by atoms with Gasteiger partial charge in [-0.3, -0.25) is 4.79 Å². The van der Waals surface area contributed by atoms with Gasteiger partial charge in [0.1, 0.15) is 23.7 Å². The molecule has 0 aliphatic heterocycles. The minimum Gasteiger partial charge on any atom is -0.497 e. The average Bonchev–Trinajstić information content (AvgIpc) is 2.50. The van der Waals surface area contributed by atoms with E-state index in [1.807, 2.05) is 12.1 Å². The second-order valence-electron chi connectivity index (χ2n) is 4.19. The Kier molecular flexibility index (Phi) is 4.78. The van der Waals surface area contributed by atoms with Crippen LogP contribution < -0.4 is 14.8 Å². The maximum absolute atomic E-state index is 11.3. The quantitative estimate of drug-likeness (QED) is 0.913. The fourth-order valence-corrected chi connectivity index (χ4v) is 1.66. The largest absolute Gasteiger partial charge is 0.497 e. The zero-order valence-corrected chi connectivity index (χ0v) is 11.5. The lowest BCUT2D eigenvalue weighted by molar-refractivity contribution is -0.115. The van der Waals surface area contributed by atoms with Gasteiger partial charge in [-0.2, -0.15) is 5.26 Å². The summed E-state index contributed by atoms with van der Waals surface area (Å²) in [6.45, 7) is 0. The Labute approximate surface area is 122 Å². The number of hydrogen-bond acceptors (Lipinski definition) is 4. The number of methoxy groups -OCH3 is 1. The number of rotatable bonds is 5. The van der Waals surface area contributed by atoms with Crippen LogP contribution in [0.5, 0.6) is 17.2 Å². The van der Waals surface area contributed by atoms with E-state index in [0.717, 1.165) is 5.75 Å². The molecule has 2 rings (SSSR count). The lowest BCUT2D eigenvalue weighted by Gasteiger charge is -2.08. The number of nitriles is 1. The summed E-state index contributed by atoms with van der Waals surface area (Å²) in [6, 6.07) is 15.9. The topological polar surface area (TPSA) is 71.3 Å². The molecule has 0 heterocycles. The van der Waals surface area contributed by atoms with E-state index < -0.39 is 0 Å². The van der Waals surface area contributed by atoms with Crippen molar-refractivity contribution in [3.8, 4) is 23.3 Å². The molecule has 0 unspecified atom stereocenters. The van der Waals surface area contributed by atoms with E-state index in [2.05, 4.69) is 5.32 Å². The Morgan fingerprint density at radius 1 is 1.05 bits per heavy atom. The second kappa shape index (κ2) is 6.96. The van der Waals surface area contributed by atoms with Gasteiger partial charge in [0.2, 0.25) is 5.91 Å². The number of anilines is 1. The fourth-order valence-electron chi connectivity index (χ4n) is 1.66. The minimum absolute atomic E-state index is 0.163. The Bertz CT molecular complexity index is 643. The molecule has 5 nitrogen and oxygen atoms in total. The first-order chi connectivity index (χ1) is 10.2. The van der Waals surface area contributed by atoms with Crippen LogP contribution in [0.2, 0.25) is 0 Å². The highest BCUT2D eigenvalue weighted by Crippen LogP contribution is 2.24. The average molecular weight is 282 g/mol. The SMILES string of the molecule is COc1ccc(Oc2ccc(NC(=O)CC#N)cc2)cc1. The Balaban J connectivity index is 1.98. The van der Waals surface area contributed by atoms with Crippen LogP contribution in [0.25, 0.3) is 0 Å². The Morgan fingerprint density at radius 2 is 1.57 bits per heavy atom. The third kappa shape index (κ3) is 4.25. The van der Waals surface area contributed by atoms with Crippen LogP contribution in [0.1, 0.15) is 6.42 Å². The monoisotopic (exact) mass is 282 g/mol. The molecule has 0 spiro atoms. The van der Waals surface area contributed by atoms with E-state index in [9.17, 15) is 4.79 Å². The van der Waals surface area contributed by atoms with Gasteiger partial charge in [-0.15, -0.1) is 0 Å². The zero-order chi connectivity index (χ0) is 15.1. The predicted molar refractivity (Wildman–Crippen MR) is 78.4 cm³/mol. The molecular weight excluding hydrogens is 268 g/mol. The summed E-state index contributed by atoms with van der Waals surface area (Å²) < 4.78 is 10.7. The van der Waals surface area contributed by atoms with Gasteiger partial charge >= 0.3 is 0 Å². The van der Waals surface area contributed by atoms with Gasteiger partial charge in [-0.25, -0.2) is 0 Å². The Hall–Kier alpha value is -3.00. The summed E-state index contributed by atoms with van der Waals surface area (Å²) >= 11 is 0. The molecule has 1 N–H and O–H groups in total. The van der Waals surface area contributed by atoms with Crippen LogP contribution >= 0.6 is 0 Å². The number of ether oxygens (including phenoxy) is 2. The summed E-state index contributed by atoms with van der Waals surface area (Å²) in [5.74, 6) is 1.77. The lowest BCUT2D eigenvalue weighted by atomic mass is 10.3. The van der Waals surface area contributed by atoms with E-state index in [1.54, 1.807) is 49.6 Å². The first-order valence-electron chi connectivity index (χ1n) is 6.30. The van der Waals surface area contributed by atoms with Crippen molar-refractivity contribution in [1.82, 2.24) is 0 Å². The molecular formula is C16H14N2O3. The van der Waals surface area contributed by atoms with Crippen LogP contribution in [0.15, 0.2) is 48.5 Å². The number of nitrogens with zero attached hydrogens (tertiary/aromatic N) is 1. The van der Waals surface area contributed by atoms with Crippen molar-refractivity contribution in [2.45, 2.75) is 6.42 Å². The van der Waals surface area contributed by atoms with Gasteiger partial charge in [0, 0.05) is 5.69 Å². The number of benzene rings is 2. The third-order valence-corrected chi connectivity index (χ3v) is 2.67. The van der Waals surface area contributed by atoms with Gasteiger partial charge in [0.15, 0.2) is 0 Å². The second-order valence-corrected chi connectivity index (χ2v) is 4.19. The summed E-state index contributed by atoms with van der Waals surface area (Å²) in [7, 11) is 1.61. The number of nitrogens with one attached hydrogen (secondary N) is 1. The molecule has 21 heavy (non-hydrogen) atoms. The van der Waals surface area contributed by atoms with E-state index in [1.165, 1.54) is 0 Å². The molecule has 106 valence electrons. The third-order valence-electron chi connectivity index (χ3n) is 2.67. The van der Waals surface area contributed by atoms with Crippen molar-refractivity contribution in [3.63, 3.8) is 0 Å². The molecule has 0 saturated carbocycles. The molecule has 0 atom stereocenters. The van der Waals surface area contributed by atoms with Crippen LogP contribution in [-0.4, -0.2) is 13.0 Å². The highest BCUT2D eigenvalue weighted by Gasteiger charge is 2.02. The Morgan fingerprint density at radius 3 is 2.10 bits per heavy atom. The summed E-state index contributed by atoms with van der Waals surface area (Å²) in [6.07, 6.45) is -0.163. The molecule has 2 aromatic rings. The van der Waals surface area contributed by atoms with Gasteiger partial charge in [-0.05, 0) is 48.5 Å². The first-order valence-corrected chi connectivity index (χ1v) is 6.30. The summed E-state index contributed by atoms with van der Waals surface area (Å²) in [5.41, 5.74) is 0.623. The lowest BCUT2D eigenvalue weighted by Crippen LogP contribution is -2.09. The van der Waals surface area contributed by atoms with Gasteiger partial charge < -0.3 is 14.8 Å². The molecule has 0 bridgehead atoms. The van der Waals surface area contributed by atoms with Gasteiger partial charge in [0.05, 0.1) is 13.2 Å². The molecule has 0 radical (unpaired) electrons. The van der Waals surface area contributed by atoms with Crippen molar-refractivity contribution in [2.24, 2.45) is 0 Å². The molecule has 1 amide bonds. The molecule has 0 aliphatic carbocycles. The summed E-state index contributed by atoms with van der Waals surface area (Å²) in [4.78, 5) is 11.3. The number of carbonyl (C=O) groups is 1. The first kappa shape index (κ1) is 14.4. The number of carbonyl (C=O) groups excluding carboxylic acids is 1. The highest BCUT2D eigenvalue weighted by atomic mass is 16.5. The van der Waals surface area contributed by atoms with Crippen LogP contribution in [-0.2, 0) is 4.79 Å². The van der Waals surface area contributed by atoms with Crippen molar-refractivity contribution < 1.29 is 14.3 Å². The van der Waals surface area contributed by atoms with E-state index in [0.29, 0.717) is 17.2 Å². The molecule has 5 heteroatoms. The predicted octanol–water partition coefficient (Wildman–Crippen LogP) is 3.34. The smallest absolute Gasteiger partial charge is 0.238 e. The zero-order valence-electron chi connectivity index (χ0n) is 11.5. The number of amides is 1. The van der Waals surface area contributed by atoms with Crippen LogP contribution in [0.4, 0.5) is 5.69 Å². The molecule has 0 saturated heterocycles. The maximum atomic E-state index is 11.3. The minimum atomic E-state index is -0.332.